The molecular weight excluding hydrogens is 283 g/mol. The maximum absolute atomic E-state index is 11.3. The minimum Gasteiger partial charge on any atom is -0.464 e. The Balaban J connectivity index is 2.69. The zero-order valence-electron chi connectivity index (χ0n) is 7.70. The van der Waals surface area contributed by atoms with Crippen molar-refractivity contribution < 1.29 is 9.53 Å². The Kier molecular flexibility index (Phi) is 2.67. The van der Waals surface area contributed by atoms with Gasteiger partial charge >= 0.3 is 5.97 Å². The number of halogens is 2. The van der Waals surface area contributed by atoms with E-state index >= 15 is 0 Å². The molecule has 0 N–H and O–H groups in total. The molecule has 0 unspecified atom stereocenters. The normalized spacial score (nSPS) is 10.6. The van der Waals surface area contributed by atoms with Gasteiger partial charge in [-0.3, -0.25) is 0 Å². The van der Waals surface area contributed by atoms with Crippen LogP contribution in [0.4, 0.5) is 0 Å². The number of methoxy groups -OCH3 is 1. The largest absolute Gasteiger partial charge is 0.464 e. The minimum atomic E-state index is -0.485. The number of esters is 1. The van der Waals surface area contributed by atoms with Crippen LogP contribution < -0.4 is 0 Å². The molecule has 0 aromatic carbocycles. The van der Waals surface area contributed by atoms with E-state index in [1.54, 1.807) is 22.8 Å². The van der Waals surface area contributed by atoms with Gasteiger partial charge in [-0.2, -0.15) is 5.10 Å². The fourth-order valence-electron chi connectivity index (χ4n) is 1.22. The molecule has 0 aliphatic rings. The van der Waals surface area contributed by atoms with Gasteiger partial charge in [0.1, 0.15) is 0 Å². The van der Waals surface area contributed by atoms with Crippen molar-refractivity contribution in [3.8, 4) is 0 Å². The van der Waals surface area contributed by atoms with E-state index in [4.69, 9.17) is 11.6 Å². The Bertz CT molecular complexity index is 538. The van der Waals surface area contributed by atoms with Crippen molar-refractivity contribution in [2.45, 2.75) is 0 Å². The lowest BCUT2D eigenvalue weighted by molar-refractivity contribution is 0.0592. The molecule has 2 aromatic rings. The number of pyridine rings is 1. The van der Waals surface area contributed by atoms with Gasteiger partial charge in [-0.1, -0.05) is 11.6 Å². The Morgan fingerprint density at radius 3 is 3.07 bits per heavy atom. The van der Waals surface area contributed by atoms with E-state index in [-0.39, 0.29) is 5.69 Å². The van der Waals surface area contributed by atoms with Gasteiger partial charge in [0, 0.05) is 11.2 Å². The molecule has 0 fully saturated rings. The summed E-state index contributed by atoms with van der Waals surface area (Å²) < 4.78 is 6.74. The second-order valence-electron chi connectivity index (χ2n) is 2.83. The van der Waals surface area contributed by atoms with Crippen LogP contribution in [0.25, 0.3) is 5.52 Å². The molecule has 0 saturated heterocycles. The SMILES string of the molecule is COC(=O)c1nn2ccc(Cl)cc2c1Br. The molecule has 0 amide bonds. The highest BCUT2D eigenvalue weighted by molar-refractivity contribution is 9.10. The first-order chi connectivity index (χ1) is 7.13. The number of carbonyl (C=O) groups is 1. The van der Waals surface area contributed by atoms with E-state index in [1.807, 2.05) is 0 Å². The van der Waals surface area contributed by atoms with Crippen LogP contribution in [-0.2, 0) is 4.74 Å². The first kappa shape index (κ1) is 10.4. The molecule has 0 aliphatic carbocycles. The third kappa shape index (κ3) is 1.72. The molecule has 2 heterocycles. The molecule has 78 valence electrons. The van der Waals surface area contributed by atoms with E-state index in [0.717, 1.165) is 5.52 Å². The summed E-state index contributed by atoms with van der Waals surface area (Å²) in [7, 11) is 1.31. The van der Waals surface area contributed by atoms with Crippen LogP contribution in [0.5, 0.6) is 0 Å². The van der Waals surface area contributed by atoms with Crippen molar-refractivity contribution in [1.29, 1.82) is 0 Å². The molecule has 0 bridgehead atoms. The van der Waals surface area contributed by atoms with E-state index in [0.29, 0.717) is 9.50 Å². The highest BCUT2D eigenvalue weighted by Crippen LogP contribution is 2.25. The van der Waals surface area contributed by atoms with Crippen LogP contribution in [0, 0.1) is 0 Å². The van der Waals surface area contributed by atoms with Gasteiger partial charge in [-0.25, -0.2) is 9.31 Å². The summed E-state index contributed by atoms with van der Waals surface area (Å²) in [5, 5.41) is 4.64. The quantitative estimate of drug-likeness (QED) is 0.758. The molecule has 0 atom stereocenters. The molecule has 15 heavy (non-hydrogen) atoms. The van der Waals surface area contributed by atoms with Gasteiger partial charge in [-0.05, 0) is 28.1 Å². The topological polar surface area (TPSA) is 43.6 Å². The van der Waals surface area contributed by atoms with Gasteiger partial charge in [0.05, 0.1) is 17.1 Å². The number of nitrogens with zero attached hydrogens (tertiary/aromatic N) is 2. The smallest absolute Gasteiger partial charge is 0.359 e. The number of fused-ring (bicyclic) bond motifs is 1. The zero-order chi connectivity index (χ0) is 11.0. The van der Waals surface area contributed by atoms with Crippen LogP contribution in [-0.4, -0.2) is 22.7 Å². The first-order valence-corrected chi connectivity index (χ1v) is 5.22. The average Bonchev–Trinajstić information content (AvgIpc) is 2.55. The van der Waals surface area contributed by atoms with Crippen LogP contribution in [0.3, 0.4) is 0 Å². The summed E-state index contributed by atoms with van der Waals surface area (Å²) >= 11 is 9.12. The molecular formula is C9H6BrClN2O2. The average molecular weight is 290 g/mol. The molecule has 4 nitrogen and oxygen atoms in total. The van der Waals surface area contributed by atoms with Gasteiger partial charge in [-0.15, -0.1) is 0 Å². The Morgan fingerprint density at radius 1 is 1.67 bits per heavy atom. The third-order valence-electron chi connectivity index (χ3n) is 1.92. The summed E-state index contributed by atoms with van der Waals surface area (Å²) in [4.78, 5) is 11.3. The van der Waals surface area contributed by atoms with Gasteiger partial charge in [0.2, 0.25) is 0 Å². The third-order valence-corrected chi connectivity index (χ3v) is 2.93. The molecule has 0 spiro atoms. The summed E-state index contributed by atoms with van der Waals surface area (Å²) in [5.74, 6) is -0.485. The number of carbonyl (C=O) groups excluding carboxylic acids is 1. The van der Waals surface area contributed by atoms with E-state index in [9.17, 15) is 4.79 Å². The lowest BCUT2D eigenvalue weighted by atomic mass is 10.3. The molecule has 2 rings (SSSR count). The Morgan fingerprint density at radius 2 is 2.40 bits per heavy atom. The summed E-state index contributed by atoms with van der Waals surface area (Å²) in [6, 6.07) is 3.40. The number of ether oxygens (including phenoxy) is 1. The zero-order valence-corrected chi connectivity index (χ0v) is 10.0. The van der Waals surface area contributed by atoms with Gasteiger partial charge < -0.3 is 4.74 Å². The maximum Gasteiger partial charge on any atom is 0.359 e. The number of hydrogen-bond donors (Lipinski definition) is 0. The van der Waals surface area contributed by atoms with Crippen molar-refractivity contribution in [2.75, 3.05) is 7.11 Å². The molecule has 0 saturated carbocycles. The van der Waals surface area contributed by atoms with Crippen molar-refractivity contribution >= 4 is 39.0 Å². The number of aromatic nitrogens is 2. The summed E-state index contributed by atoms with van der Waals surface area (Å²) in [6.45, 7) is 0. The van der Waals surface area contributed by atoms with Crippen LogP contribution >= 0.6 is 27.5 Å². The summed E-state index contributed by atoms with van der Waals surface area (Å²) in [6.07, 6.45) is 1.68. The van der Waals surface area contributed by atoms with Crippen LogP contribution in [0.15, 0.2) is 22.8 Å². The van der Waals surface area contributed by atoms with E-state index in [1.165, 1.54) is 7.11 Å². The van der Waals surface area contributed by atoms with Crippen molar-refractivity contribution in [3.05, 3.63) is 33.5 Å². The van der Waals surface area contributed by atoms with Crippen molar-refractivity contribution in [1.82, 2.24) is 9.61 Å². The lowest BCUT2D eigenvalue weighted by Crippen LogP contribution is -2.02. The van der Waals surface area contributed by atoms with E-state index < -0.39 is 5.97 Å². The van der Waals surface area contributed by atoms with Gasteiger partial charge in [0.25, 0.3) is 0 Å². The first-order valence-electron chi connectivity index (χ1n) is 4.05. The molecule has 0 aliphatic heterocycles. The molecule has 6 heteroatoms. The Labute approximate surface area is 98.9 Å². The van der Waals surface area contributed by atoms with Crippen LogP contribution in [0.1, 0.15) is 10.5 Å². The predicted molar refractivity (Wildman–Crippen MR) is 59.2 cm³/mol. The molecule has 0 radical (unpaired) electrons. The van der Waals surface area contributed by atoms with Crippen molar-refractivity contribution in [3.63, 3.8) is 0 Å². The van der Waals surface area contributed by atoms with Crippen molar-refractivity contribution in [2.24, 2.45) is 0 Å². The van der Waals surface area contributed by atoms with E-state index in [2.05, 4.69) is 25.8 Å². The second-order valence-corrected chi connectivity index (χ2v) is 4.06. The minimum absolute atomic E-state index is 0.236. The monoisotopic (exact) mass is 288 g/mol. The Hall–Kier alpha value is -1.07. The lowest BCUT2D eigenvalue weighted by Gasteiger charge is -1.92. The maximum atomic E-state index is 11.3. The number of rotatable bonds is 1. The standard InChI is InChI=1S/C9H6BrClN2O2/c1-15-9(14)8-7(10)6-4-5(11)2-3-13(6)12-8/h2-4H,1H3. The highest BCUT2D eigenvalue weighted by Gasteiger charge is 2.17. The fraction of sp³-hybridized carbons (Fsp3) is 0.111. The fourth-order valence-corrected chi connectivity index (χ4v) is 1.92. The van der Waals surface area contributed by atoms with Gasteiger partial charge in [0.15, 0.2) is 5.69 Å². The van der Waals surface area contributed by atoms with Crippen LogP contribution in [0.2, 0.25) is 5.02 Å². The number of hydrogen-bond acceptors (Lipinski definition) is 3. The highest BCUT2D eigenvalue weighted by atomic mass is 79.9. The summed E-state index contributed by atoms with van der Waals surface area (Å²) in [5.41, 5.74) is 0.961. The second kappa shape index (κ2) is 3.83. The predicted octanol–water partition coefficient (Wildman–Crippen LogP) is 2.54. The molecule has 2 aromatic heterocycles.